The molecule has 1 aromatic carbocycles. The van der Waals surface area contributed by atoms with Crippen LogP contribution in [0.2, 0.25) is 0 Å². The van der Waals surface area contributed by atoms with Crippen LogP contribution < -0.4 is 5.73 Å². The number of nitrogens with two attached hydrogens (primary N) is 1. The molecule has 0 aliphatic carbocycles. The third-order valence-electron chi connectivity index (χ3n) is 2.45. The highest BCUT2D eigenvalue weighted by molar-refractivity contribution is 5.70. The van der Waals surface area contributed by atoms with E-state index in [9.17, 15) is 0 Å². The maximum absolute atomic E-state index is 8.91. The molecule has 0 atom stereocenters. The van der Waals surface area contributed by atoms with E-state index in [0.29, 0.717) is 11.4 Å². The molecular formula is C13H11N3. The van der Waals surface area contributed by atoms with E-state index in [2.05, 4.69) is 4.98 Å². The summed E-state index contributed by atoms with van der Waals surface area (Å²) in [5.41, 5.74) is 8.90. The van der Waals surface area contributed by atoms with Crippen molar-refractivity contribution in [2.24, 2.45) is 0 Å². The molecule has 0 spiro atoms. The Morgan fingerprint density at radius 1 is 1.25 bits per heavy atom. The number of aromatic nitrogens is 1. The number of nitrogens with zero attached hydrogens (tertiary/aromatic N) is 2. The average molecular weight is 209 g/mol. The number of benzene rings is 1. The van der Waals surface area contributed by atoms with E-state index < -0.39 is 0 Å². The first-order valence-electron chi connectivity index (χ1n) is 4.95. The van der Waals surface area contributed by atoms with Gasteiger partial charge in [-0.15, -0.1) is 0 Å². The van der Waals surface area contributed by atoms with Crippen LogP contribution >= 0.6 is 0 Å². The Kier molecular flexibility index (Phi) is 2.57. The predicted octanol–water partition coefficient (Wildman–Crippen LogP) is 2.51. The normalized spacial score (nSPS) is 9.75. The van der Waals surface area contributed by atoms with Gasteiger partial charge in [0.15, 0.2) is 0 Å². The standard InChI is InChI=1S/C13H11N3/c1-9-12(10-5-3-2-4-6-10)7-11(8-14)13(15)16-9/h2-7H,1H3,(H2,15,16). The molecule has 2 rings (SSSR count). The summed E-state index contributed by atoms with van der Waals surface area (Å²) in [7, 11) is 0. The van der Waals surface area contributed by atoms with Gasteiger partial charge < -0.3 is 5.73 Å². The van der Waals surface area contributed by atoms with Crippen LogP contribution in [0, 0.1) is 18.3 Å². The Morgan fingerprint density at radius 3 is 2.56 bits per heavy atom. The lowest BCUT2D eigenvalue weighted by Gasteiger charge is -2.07. The Bertz CT molecular complexity index is 553. The van der Waals surface area contributed by atoms with Crippen LogP contribution in [0.25, 0.3) is 11.1 Å². The van der Waals surface area contributed by atoms with E-state index in [1.807, 2.05) is 43.3 Å². The van der Waals surface area contributed by atoms with Gasteiger partial charge in [-0.3, -0.25) is 0 Å². The molecule has 16 heavy (non-hydrogen) atoms. The first kappa shape index (κ1) is 10.2. The molecule has 1 aromatic heterocycles. The van der Waals surface area contributed by atoms with Crippen LogP contribution in [0.15, 0.2) is 36.4 Å². The topological polar surface area (TPSA) is 62.7 Å². The van der Waals surface area contributed by atoms with Gasteiger partial charge in [0.05, 0.1) is 5.56 Å². The van der Waals surface area contributed by atoms with Crippen molar-refractivity contribution in [2.75, 3.05) is 5.73 Å². The highest BCUT2D eigenvalue weighted by atomic mass is 14.8. The summed E-state index contributed by atoms with van der Waals surface area (Å²) in [6.45, 7) is 1.89. The SMILES string of the molecule is Cc1nc(N)c(C#N)cc1-c1ccccc1. The molecule has 0 aliphatic heterocycles. The summed E-state index contributed by atoms with van der Waals surface area (Å²) in [5.74, 6) is 0.291. The molecule has 0 fully saturated rings. The highest BCUT2D eigenvalue weighted by Crippen LogP contribution is 2.24. The van der Waals surface area contributed by atoms with Crippen molar-refractivity contribution in [2.45, 2.75) is 6.92 Å². The number of nitriles is 1. The number of pyridine rings is 1. The van der Waals surface area contributed by atoms with Crippen LogP contribution in [-0.4, -0.2) is 4.98 Å². The fourth-order valence-electron chi connectivity index (χ4n) is 1.62. The summed E-state index contributed by atoms with van der Waals surface area (Å²) < 4.78 is 0. The molecule has 0 bridgehead atoms. The summed E-state index contributed by atoms with van der Waals surface area (Å²) >= 11 is 0. The molecule has 0 aliphatic rings. The van der Waals surface area contributed by atoms with Crippen molar-refractivity contribution < 1.29 is 0 Å². The molecule has 0 saturated heterocycles. The minimum atomic E-state index is 0.291. The van der Waals surface area contributed by atoms with Gasteiger partial charge in [-0.2, -0.15) is 5.26 Å². The quantitative estimate of drug-likeness (QED) is 0.784. The minimum Gasteiger partial charge on any atom is -0.383 e. The smallest absolute Gasteiger partial charge is 0.141 e. The highest BCUT2D eigenvalue weighted by Gasteiger charge is 2.07. The Balaban J connectivity index is 2.63. The number of rotatable bonds is 1. The lowest BCUT2D eigenvalue weighted by Crippen LogP contribution is -1.98. The fourth-order valence-corrected chi connectivity index (χ4v) is 1.62. The lowest BCUT2D eigenvalue weighted by atomic mass is 10.0. The third-order valence-corrected chi connectivity index (χ3v) is 2.45. The first-order chi connectivity index (χ1) is 7.72. The fraction of sp³-hybridized carbons (Fsp3) is 0.0769. The van der Waals surface area contributed by atoms with E-state index in [1.165, 1.54) is 0 Å². The predicted molar refractivity (Wildman–Crippen MR) is 63.5 cm³/mol. The van der Waals surface area contributed by atoms with E-state index in [1.54, 1.807) is 6.07 Å². The number of hydrogen-bond acceptors (Lipinski definition) is 3. The molecule has 0 saturated carbocycles. The number of nitrogen functional groups attached to an aromatic ring is 1. The second-order valence-corrected chi connectivity index (χ2v) is 3.53. The van der Waals surface area contributed by atoms with Crippen LogP contribution in [0.4, 0.5) is 5.82 Å². The summed E-state index contributed by atoms with van der Waals surface area (Å²) in [4.78, 5) is 4.18. The zero-order valence-corrected chi connectivity index (χ0v) is 8.94. The second-order valence-electron chi connectivity index (χ2n) is 3.53. The van der Waals surface area contributed by atoms with Crippen LogP contribution in [0.1, 0.15) is 11.3 Å². The average Bonchev–Trinajstić information content (AvgIpc) is 2.30. The summed E-state index contributed by atoms with van der Waals surface area (Å²) in [5, 5.41) is 8.91. The molecule has 2 aromatic rings. The number of hydrogen-bond donors (Lipinski definition) is 1. The molecule has 1 heterocycles. The first-order valence-corrected chi connectivity index (χ1v) is 4.95. The van der Waals surface area contributed by atoms with Crippen molar-refractivity contribution in [3.8, 4) is 17.2 Å². The van der Waals surface area contributed by atoms with Crippen LogP contribution in [0.5, 0.6) is 0 Å². The minimum absolute atomic E-state index is 0.291. The zero-order chi connectivity index (χ0) is 11.5. The van der Waals surface area contributed by atoms with Crippen molar-refractivity contribution >= 4 is 5.82 Å². The molecule has 0 unspecified atom stereocenters. The molecule has 3 heteroatoms. The van der Waals surface area contributed by atoms with Crippen molar-refractivity contribution in [1.29, 1.82) is 5.26 Å². The number of anilines is 1. The third kappa shape index (κ3) is 1.73. The summed E-state index contributed by atoms with van der Waals surface area (Å²) in [6.07, 6.45) is 0. The lowest BCUT2D eigenvalue weighted by molar-refractivity contribution is 1.20. The molecule has 78 valence electrons. The number of aryl methyl sites for hydroxylation is 1. The Morgan fingerprint density at radius 2 is 1.94 bits per heavy atom. The van der Waals surface area contributed by atoms with Gasteiger partial charge in [0.25, 0.3) is 0 Å². The molecule has 2 N–H and O–H groups in total. The molecule has 0 radical (unpaired) electrons. The Hall–Kier alpha value is -2.34. The second kappa shape index (κ2) is 4.03. The van der Waals surface area contributed by atoms with E-state index in [0.717, 1.165) is 16.8 Å². The molecular weight excluding hydrogens is 198 g/mol. The van der Waals surface area contributed by atoms with Gasteiger partial charge in [0.2, 0.25) is 0 Å². The van der Waals surface area contributed by atoms with Gasteiger partial charge in [-0.1, -0.05) is 30.3 Å². The van der Waals surface area contributed by atoms with Gasteiger partial charge in [-0.05, 0) is 18.6 Å². The van der Waals surface area contributed by atoms with Gasteiger partial charge >= 0.3 is 0 Å². The van der Waals surface area contributed by atoms with Gasteiger partial charge in [-0.25, -0.2) is 4.98 Å². The largest absolute Gasteiger partial charge is 0.383 e. The van der Waals surface area contributed by atoms with E-state index >= 15 is 0 Å². The van der Waals surface area contributed by atoms with E-state index in [4.69, 9.17) is 11.0 Å². The summed E-state index contributed by atoms with van der Waals surface area (Å²) in [6, 6.07) is 13.7. The van der Waals surface area contributed by atoms with Crippen LogP contribution in [0.3, 0.4) is 0 Å². The Labute approximate surface area is 94.2 Å². The van der Waals surface area contributed by atoms with Crippen LogP contribution in [-0.2, 0) is 0 Å². The maximum Gasteiger partial charge on any atom is 0.141 e. The zero-order valence-electron chi connectivity index (χ0n) is 8.94. The molecule has 0 amide bonds. The maximum atomic E-state index is 8.91. The van der Waals surface area contributed by atoms with E-state index in [-0.39, 0.29) is 0 Å². The van der Waals surface area contributed by atoms with Gasteiger partial charge in [0, 0.05) is 11.3 Å². The monoisotopic (exact) mass is 209 g/mol. The molecule has 3 nitrogen and oxygen atoms in total. The van der Waals surface area contributed by atoms with Crippen molar-refractivity contribution in [3.63, 3.8) is 0 Å². The van der Waals surface area contributed by atoms with Gasteiger partial charge in [0.1, 0.15) is 11.9 Å². The van der Waals surface area contributed by atoms with Crippen molar-refractivity contribution in [3.05, 3.63) is 47.7 Å². The van der Waals surface area contributed by atoms with Crippen molar-refractivity contribution in [1.82, 2.24) is 4.98 Å².